The number of carbonyl (C=O) groups excluding carboxylic acids is 2. The van der Waals surface area contributed by atoms with E-state index in [0.29, 0.717) is 11.7 Å². The lowest BCUT2D eigenvalue weighted by Gasteiger charge is -2.26. The Morgan fingerprint density at radius 1 is 0.969 bits per heavy atom. The summed E-state index contributed by atoms with van der Waals surface area (Å²) in [4.78, 5) is 26.8. The number of hydrogen-bond donors (Lipinski definition) is 2. The van der Waals surface area contributed by atoms with Gasteiger partial charge >= 0.3 is 6.03 Å². The highest BCUT2D eigenvalue weighted by atomic mass is 32.2. The largest absolute Gasteiger partial charge is 0.335 e. The van der Waals surface area contributed by atoms with Crippen molar-refractivity contribution in [1.82, 2.24) is 30.3 Å². The summed E-state index contributed by atoms with van der Waals surface area (Å²) in [6.07, 6.45) is 7.96. The van der Waals surface area contributed by atoms with Crippen LogP contribution in [0, 0.1) is 0 Å². The second-order valence-corrected chi connectivity index (χ2v) is 9.54. The third-order valence-electron chi connectivity index (χ3n) is 6.07. The average molecular weight is 457 g/mol. The highest BCUT2D eigenvalue weighted by Gasteiger charge is 2.20. The first-order chi connectivity index (χ1) is 15.7. The van der Waals surface area contributed by atoms with Crippen LogP contribution in [0.15, 0.2) is 35.5 Å². The molecule has 2 heterocycles. The van der Waals surface area contributed by atoms with Gasteiger partial charge in [-0.3, -0.25) is 15.0 Å². The van der Waals surface area contributed by atoms with Gasteiger partial charge in [0, 0.05) is 6.04 Å². The Labute approximate surface area is 193 Å². The summed E-state index contributed by atoms with van der Waals surface area (Å²) in [6, 6.07) is 9.99. The molecule has 1 aromatic carbocycles. The lowest BCUT2D eigenvalue weighted by molar-refractivity contribution is -0.117. The van der Waals surface area contributed by atoms with Crippen molar-refractivity contribution in [2.45, 2.75) is 69.2 Å². The zero-order valence-electron chi connectivity index (χ0n) is 18.5. The Hall–Kier alpha value is -2.39. The van der Waals surface area contributed by atoms with Crippen LogP contribution in [-0.2, 0) is 17.9 Å². The van der Waals surface area contributed by atoms with Crippen LogP contribution in [0.2, 0.25) is 0 Å². The van der Waals surface area contributed by atoms with Gasteiger partial charge < -0.3 is 9.88 Å². The fourth-order valence-corrected chi connectivity index (χ4v) is 5.13. The quantitative estimate of drug-likeness (QED) is 0.593. The number of thioether (sulfide) groups is 1. The fraction of sp³-hybridized carbons (Fsp3) is 0.565. The van der Waals surface area contributed by atoms with Crippen molar-refractivity contribution in [2.24, 2.45) is 0 Å². The summed E-state index contributed by atoms with van der Waals surface area (Å²) >= 11 is 1.32. The number of aromatic nitrogens is 3. The first-order valence-electron chi connectivity index (χ1n) is 11.6. The minimum absolute atomic E-state index is 0.120. The first kappa shape index (κ1) is 22.8. The molecular weight excluding hydrogens is 424 g/mol. The summed E-state index contributed by atoms with van der Waals surface area (Å²) in [5.41, 5.74) is 1.16. The van der Waals surface area contributed by atoms with E-state index in [2.05, 4.69) is 42.4 Å². The van der Waals surface area contributed by atoms with Gasteiger partial charge in [-0.25, -0.2) is 4.79 Å². The van der Waals surface area contributed by atoms with Crippen LogP contribution in [0.25, 0.3) is 0 Å². The smallest absolute Gasteiger partial charge is 0.321 e. The van der Waals surface area contributed by atoms with Crippen molar-refractivity contribution in [2.75, 3.05) is 18.8 Å². The molecule has 2 aliphatic rings. The number of hydrogen-bond acceptors (Lipinski definition) is 6. The van der Waals surface area contributed by atoms with Gasteiger partial charge in [0.05, 0.1) is 18.8 Å². The van der Waals surface area contributed by atoms with E-state index >= 15 is 0 Å². The van der Waals surface area contributed by atoms with Gasteiger partial charge in [-0.2, -0.15) is 0 Å². The molecule has 2 N–H and O–H groups in total. The van der Waals surface area contributed by atoms with E-state index in [1.165, 1.54) is 31.0 Å². The normalized spacial score (nSPS) is 17.4. The number of nitrogens with zero attached hydrogens (tertiary/aromatic N) is 4. The second-order valence-electron chi connectivity index (χ2n) is 8.60. The Balaban J connectivity index is 1.37. The molecule has 0 spiro atoms. The van der Waals surface area contributed by atoms with Crippen LogP contribution >= 0.6 is 11.8 Å². The number of carbonyl (C=O) groups is 2. The van der Waals surface area contributed by atoms with Gasteiger partial charge in [0.25, 0.3) is 0 Å². The van der Waals surface area contributed by atoms with Crippen LogP contribution in [0.3, 0.4) is 0 Å². The van der Waals surface area contributed by atoms with Crippen molar-refractivity contribution in [3.63, 3.8) is 0 Å². The van der Waals surface area contributed by atoms with Crippen molar-refractivity contribution in [3.05, 3.63) is 41.7 Å². The third-order valence-corrected chi connectivity index (χ3v) is 7.03. The number of imide groups is 1. The molecule has 2 aromatic rings. The van der Waals surface area contributed by atoms with Crippen LogP contribution in [0.4, 0.5) is 4.79 Å². The molecule has 32 heavy (non-hydrogen) atoms. The number of urea groups is 1. The summed E-state index contributed by atoms with van der Waals surface area (Å²) < 4.78 is 2.10. The highest BCUT2D eigenvalue weighted by molar-refractivity contribution is 7.99. The summed E-state index contributed by atoms with van der Waals surface area (Å²) in [5.74, 6) is 0.712. The number of piperidine rings is 1. The minimum atomic E-state index is -0.404. The second kappa shape index (κ2) is 11.5. The van der Waals surface area contributed by atoms with Gasteiger partial charge in [0.15, 0.2) is 5.16 Å². The molecule has 8 nitrogen and oxygen atoms in total. The van der Waals surface area contributed by atoms with E-state index in [1.807, 2.05) is 18.2 Å². The van der Waals surface area contributed by atoms with E-state index < -0.39 is 6.03 Å². The summed E-state index contributed by atoms with van der Waals surface area (Å²) in [5, 5.41) is 14.9. The van der Waals surface area contributed by atoms with Crippen LogP contribution in [0.5, 0.6) is 0 Å². The SMILES string of the molecule is O=C(CSc1nnc(CN2CCCCC2)n1Cc1ccccc1)NC(=O)NC1CCCC1. The van der Waals surface area contributed by atoms with Crippen LogP contribution in [0.1, 0.15) is 56.3 Å². The highest BCUT2D eigenvalue weighted by Crippen LogP contribution is 2.21. The fourth-order valence-electron chi connectivity index (χ4n) is 4.37. The number of benzene rings is 1. The lowest BCUT2D eigenvalue weighted by Crippen LogP contribution is -2.44. The molecule has 9 heteroatoms. The Kier molecular flexibility index (Phi) is 8.17. The van der Waals surface area contributed by atoms with E-state index in [4.69, 9.17) is 0 Å². The predicted octanol–water partition coefficient (Wildman–Crippen LogP) is 3.17. The zero-order valence-corrected chi connectivity index (χ0v) is 19.3. The molecule has 0 atom stereocenters. The summed E-state index contributed by atoms with van der Waals surface area (Å²) in [7, 11) is 0. The van der Waals surface area contributed by atoms with Crippen molar-refractivity contribution < 1.29 is 9.59 Å². The molecule has 2 fully saturated rings. The van der Waals surface area contributed by atoms with Crippen molar-refractivity contribution in [1.29, 1.82) is 0 Å². The van der Waals surface area contributed by atoms with E-state index in [1.54, 1.807) is 0 Å². The van der Waals surface area contributed by atoms with Crippen LogP contribution in [-0.4, -0.2) is 56.5 Å². The average Bonchev–Trinajstić information content (AvgIpc) is 3.44. The first-order valence-corrected chi connectivity index (χ1v) is 12.6. The Morgan fingerprint density at radius 2 is 1.72 bits per heavy atom. The standard InChI is InChI=1S/C23H32N6O2S/c30-21(25-22(31)24-19-11-5-6-12-19)17-32-23-27-26-20(16-28-13-7-2-8-14-28)29(23)15-18-9-3-1-4-10-18/h1,3-4,9-10,19H,2,5-8,11-17H2,(H2,24,25,30,31). The number of nitrogens with one attached hydrogen (secondary N) is 2. The Bertz CT molecular complexity index is 891. The molecule has 1 saturated heterocycles. The molecule has 3 amide bonds. The topological polar surface area (TPSA) is 92.2 Å². The molecule has 4 rings (SSSR count). The van der Waals surface area contributed by atoms with Gasteiger partial charge in [0.2, 0.25) is 5.91 Å². The maximum absolute atomic E-state index is 12.3. The third kappa shape index (κ3) is 6.56. The molecule has 1 aliphatic heterocycles. The number of amides is 3. The minimum Gasteiger partial charge on any atom is -0.335 e. The van der Waals surface area contributed by atoms with E-state index in [-0.39, 0.29) is 17.7 Å². The van der Waals surface area contributed by atoms with Crippen molar-refractivity contribution in [3.8, 4) is 0 Å². The van der Waals surface area contributed by atoms with Crippen molar-refractivity contribution >= 4 is 23.7 Å². The molecular formula is C23H32N6O2S. The monoisotopic (exact) mass is 456 g/mol. The Morgan fingerprint density at radius 3 is 2.47 bits per heavy atom. The molecule has 1 aromatic heterocycles. The molecule has 172 valence electrons. The molecule has 1 aliphatic carbocycles. The summed E-state index contributed by atoms with van der Waals surface area (Å²) in [6.45, 7) is 3.58. The maximum atomic E-state index is 12.3. The van der Waals surface area contributed by atoms with Gasteiger partial charge in [-0.1, -0.05) is 61.4 Å². The molecule has 0 unspecified atom stereocenters. The zero-order chi connectivity index (χ0) is 22.2. The maximum Gasteiger partial charge on any atom is 0.321 e. The molecule has 0 bridgehead atoms. The predicted molar refractivity (Wildman–Crippen MR) is 124 cm³/mol. The van der Waals surface area contributed by atoms with Crippen LogP contribution < -0.4 is 10.6 Å². The number of rotatable bonds is 8. The van der Waals surface area contributed by atoms with Gasteiger partial charge in [0.1, 0.15) is 5.82 Å². The molecule has 0 radical (unpaired) electrons. The van der Waals surface area contributed by atoms with Gasteiger partial charge in [-0.15, -0.1) is 10.2 Å². The molecule has 1 saturated carbocycles. The lowest BCUT2D eigenvalue weighted by atomic mass is 10.1. The van der Waals surface area contributed by atoms with E-state index in [0.717, 1.165) is 56.7 Å². The van der Waals surface area contributed by atoms with Gasteiger partial charge in [-0.05, 0) is 44.3 Å². The number of likely N-dealkylation sites (tertiary alicyclic amines) is 1. The van der Waals surface area contributed by atoms with E-state index in [9.17, 15) is 9.59 Å².